The van der Waals surface area contributed by atoms with Gasteiger partial charge in [-0.3, -0.25) is 9.78 Å². The fourth-order valence-corrected chi connectivity index (χ4v) is 1.96. The Labute approximate surface area is 116 Å². The van der Waals surface area contributed by atoms with Crippen molar-refractivity contribution >= 4 is 5.91 Å². The van der Waals surface area contributed by atoms with E-state index in [0.717, 1.165) is 6.20 Å². The van der Waals surface area contributed by atoms with Crippen molar-refractivity contribution in [3.63, 3.8) is 0 Å². The lowest BCUT2D eigenvalue weighted by molar-refractivity contribution is 0.0736. The van der Waals surface area contributed by atoms with Crippen LogP contribution in [0.4, 0.5) is 4.39 Å². The van der Waals surface area contributed by atoms with Crippen molar-refractivity contribution in [3.05, 3.63) is 59.7 Å². The molecule has 0 fully saturated rings. The molecule has 2 aromatic rings. The lowest BCUT2D eigenvalue weighted by atomic mass is 10.1. The van der Waals surface area contributed by atoms with Crippen molar-refractivity contribution < 1.29 is 14.3 Å². The third-order valence-electron chi connectivity index (χ3n) is 3.29. The second-order valence-corrected chi connectivity index (χ2v) is 4.51. The number of pyridine rings is 1. The molecule has 1 heterocycles. The third-order valence-corrected chi connectivity index (χ3v) is 3.29. The van der Waals surface area contributed by atoms with Gasteiger partial charge in [0, 0.05) is 18.8 Å². The number of phenols is 1. The Morgan fingerprint density at radius 2 is 2.05 bits per heavy atom. The first-order chi connectivity index (χ1) is 9.52. The van der Waals surface area contributed by atoms with Crippen molar-refractivity contribution in [1.82, 2.24) is 9.88 Å². The molecule has 1 aromatic carbocycles. The quantitative estimate of drug-likeness (QED) is 0.936. The maximum absolute atomic E-state index is 13.6. The Morgan fingerprint density at radius 3 is 2.70 bits per heavy atom. The first kappa shape index (κ1) is 14.0. The fourth-order valence-electron chi connectivity index (χ4n) is 1.96. The highest BCUT2D eigenvalue weighted by atomic mass is 19.1. The van der Waals surface area contributed by atoms with E-state index in [1.165, 1.54) is 17.2 Å². The van der Waals surface area contributed by atoms with E-state index in [4.69, 9.17) is 0 Å². The average molecular weight is 274 g/mol. The van der Waals surface area contributed by atoms with Crippen LogP contribution >= 0.6 is 0 Å². The molecule has 1 N–H and O–H groups in total. The number of rotatable bonds is 3. The van der Waals surface area contributed by atoms with Gasteiger partial charge in [0.2, 0.25) is 0 Å². The fraction of sp³-hybridized carbons (Fsp3) is 0.200. The maximum Gasteiger partial charge on any atom is 0.257 e. The molecule has 0 bridgehead atoms. The Bertz CT molecular complexity index is 631. The van der Waals surface area contributed by atoms with Crippen LogP contribution < -0.4 is 0 Å². The van der Waals surface area contributed by atoms with E-state index < -0.39 is 11.7 Å². The number of aromatic hydroxyl groups is 1. The molecule has 1 atom stereocenters. The number of amides is 1. The predicted octanol–water partition coefficient (Wildman–Crippen LogP) is 2.76. The van der Waals surface area contributed by atoms with E-state index in [0.29, 0.717) is 5.56 Å². The van der Waals surface area contributed by atoms with Crippen LogP contribution in [0.3, 0.4) is 0 Å². The van der Waals surface area contributed by atoms with Crippen molar-refractivity contribution in [2.45, 2.75) is 13.0 Å². The minimum Gasteiger partial charge on any atom is -0.508 e. The summed E-state index contributed by atoms with van der Waals surface area (Å²) in [4.78, 5) is 17.3. The number of hydrogen-bond donors (Lipinski definition) is 1. The van der Waals surface area contributed by atoms with E-state index in [9.17, 15) is 14.3 Å². The SMILES string of the molecule is CC(c1ccccc1O)N(C)C(=O)c1ccncc1F. The van der Waals surface area contributed by atoms with Gasteiger partial charge in [0.05, 0.1) is 17.8 Å². The zero-order valence-corrected chi connectivity index (χ0v) is 11.2. The van der Waals surface area contributed by atoms with E-state index >= 15 is 0 Å². The molecule has 4 nitrogen and oxygen atoms in total. The molecule has 0 spiro atoms. The van der Waals surface area contributed by atoms with Gasteiger partial charge in [-0.15, -0.1) is 0 Å². The zero-order chi connectivity index (χ0) is 14.7. The lowest BCUT2D eigenvalue weighted by Gasteiger charge is -2.26. The minimum absolute atomic E-state index is 0.0372. The van der Waals surface area contributed by atoms with Gasteiger partial charge in [-0.05, 0) is 19.1 Å². The number of nitrogens with zero attached hydrogens (tertiary/aromatic N) is 2. The van der Waals surface area contributed by atoms with Gasteiger partial charge in [0.1, 0.15) is 5.75 Å². The molecule has 104 valence electrons. The number of para-hydroxylation sites is 1. The van der Waals surface area contributed by atoms with Crippen LogP contribution in [-0.4, -0.2) is 27.9 Å². The summed E-state index contributed by atoms with van der Waals surface area (Å²) in [6, 6.07) is 7.72. The largest absolute Gasteiger partial charge is 0.508 e. The Hall–Kier alpha value is -2.43. The molecule has 1 amide bonds. The molecular weight excluding hydrogens is 259 g/mol. The molecule has 0 aliphatic rings. The van der Waals surface area contributed by atoms with Crippen LogP contribution in [-0.2, 0) is 0 Å². The van der Waals surface area contributed by atoms with Gasteiger partial charge in [-0.2, -0.15) is 0 Å². The number of carbonyl (C=O) groups is 1. The zero-order valence-electron chi connectivity index (χ0n) is 11.2. The Kier molecular flexibility index (Phi) is 3.98. The number of phenolic OH excluding ortho intramolecular Hbond substituents is 1. The second kappa shape index (κ2) is 5.69. The van der Waals surface area contributed by atoms with Gasteiger partial charge in [0.15, 0.2) is 5.82 Å². The molecule has 0 aliphatic heterocycles. The molecule has 20 heavy (non-hydrogen) atoms. The number of benzene rings is 1. The van der Waals surface area contributed by atoms with Crippen molar-refractivity contribution in [1.29, 1.82) is 0 Å². The van der Waals surface area contributed by atoms with Crippen LogP contribution in [0.1, 0.15) is 28.9 Å². The van der Waals surface area contributed by atoms with Crippen molar-refractivity contribution in [2.24, 2.45) is 0 Å². The first-order valence-corrected chi connectivity index (χ1v) is 6.17. The van der Waals surface area contributed by atoms with E-state index in [1.807, 2.05) is 0 Å². The summed E-state index contributed by atoms with van der Waals surface area (Å²) < 4.78 is 13.6. The number of aromatic nitrogens is 1. The average Bonchev–Trinajstić information content (AvgIpc) is 2.46. The van der Waals surface area contributed by atoms with Crippen LogP contribution in [0.25, 0.3) is 0 Å². The molecular formula is C15H15FN2O2. The molecule has 1 aromatic heterocycles. The summed E-state index contributed by atoms with van der Waals surface area (Å²) in [5.74, 6) is -1.01. The number of halogens is 1. The van der Waals surface area contributed by atoms with Crippen molar-refractivity contribution in [2.75, 3.05) is 7.05 Å². The van der Waals surface area contributed by atoms with Gasteiger partial charge >= 0.3 is 0 Å². The van der Waals surface area contributed by atoms with Gasteiger partial charge in [0.25, 0.3) is 5.91 Å². The first-order valence-electron chi connectivity index (χ1n) is 6.17. The number of carbonyl (C=O) groups excluding carboxylic acids is 1. The lowest BCUT2D eigenvalue weighted by Crippen LogP contribution is -2.30. The summed E-state index contributed by atoms with van der Waals surface area (Å²) in [7, 11) is 1.57. The Morgan fingerprint density at radius 1 is 1.35 bits per heavy atom. The second-order valence-electron chi connectivity index (χ2n) is 4.51. The van der Waals surface area contributed by atoms with Crippen LogP contribution in [0, 0.1) is 5.82 Å². The summed E-state index contributed by atoms with van der Waals surface area (Å²) in [6.45, 7) is 1.77. The minimum atomic E-state index is -0.658. The molecule has 0 radical (unpaired) electrons. The Balaban J connectivity index is 2.28. The third kappa shape index (κ3) is 2.61. The highest BCUT2D eigenvalue weighted by Gasteiger charge is 2.22. The van der Waals surface area contributed by atoms with E-state index in [1.54, 1.807) is 38.2 Å². The van der Waals surface area contributed by atoms with Gasteiger partial charge < -0.3 is 10.0 Å². The summed E-state index contributed by atoms with van der Waals surface area (Å²) in [5, 5.41) is 9.81. The van der Waals surface area contributed by atoms with E-state index in [2.05, 4.69) is 4.98 Å². The summed E-state index contributed by atoms with van der Waals surface area (Å²) in [6.07, 6.45) is 2.38. The monoisotopic (exact) mass is 274 g/mol. The predicted molar refractivity (Wildman–Crippen MR) is 72.8 cm³/mol. The van der Waals surface area contributed by atoms with Crippen LogP contribution in [0.5, 0.6) is 5.75 Å². The molecule has 0 aliphatic carbocycles. The van der Waals surface area contributed by atoms with Crippen molar-refractivity contribution in [3.8, 4) is 5.75 Å². The molecule has 2 rings (SSSR count). The summed E-state index contributed by atoms with van der Waals surface area (Å²) >= 11 is 0. The highest BCUT2D eigenvalue weighted by Crippen LogP contribution is 2.28. The van der Waals surface area contributed by atoms with E-state index in [-0.39, 0.29) is 17.4 Å². The number of hydrogen-bond acceptors (Lipinski definition) is 3. The van der Waals surface area contributed by atoms with Crippen LogP contribution in [0.2, 0.25) is 0 Å². The standard InChI is InChI=1S/C15H15FN2O2/c1-10(11-5-3-4-6-14(11)19)18(2)15(20)12-7-8-17-9-13(12)16/h3-10,19H,1-2H3. The van der Waals surface area contributed by atoms with Gasteiger partial charge in [-0.25, -0.2) is 4.39 Å². The molecule has 0 saturated heterocycles. The van der Waals surface area contributed by atoms with Gasteiger partial charge in [-0.1, -0.05) is 18.2 Å². The topological polar surface area (TPSA) is 53.4 Å². The smallest absolute Gasteiger partial charge is 0.257 e. The normalized spacial score (nSPS) is 11.9. The summed E-state index contributed by atoms with van der Waals surface area (Å²) in [5.41, 5.74) is 0.572. The molecule has 0 saturated carbocycles. The molecule has 5 heteroatoms. The van der Waals surface area contributed by atoms with Crippen LogP contribution in [0.15, 0.2) is 42.7 Å². The maximum atomic E-state index is 13.6. The molecule has 1 unspecified atom stereocenters. The highest BCUT2D eigenvalue weighted by molar-refractivity contribution is 5.94.